The fourth-order valence-electron chi connectivity index (χ4n) is 2.72. The Hall–Kier alpha value is -1.76. The number of halogens is 1. The number of imidazole rings is 1. The molecule has 0 aliphatic carbocycles. The normalized spacial score (nSPS) is 18.3. The van der Waals surface area contributed by atoms with Gasteiger partial charge >= 0.3 is 0 Å². The van der Waals surface area contributed by atoms with Crippen molar-refractivity contribution in [3.05, 3.63) is 41.6 Å². The molecule has 1 N–H and O–H groups in total. The Labute approximate surface area is 128 Å². The van der Waals surface area contributed by atoms with Gasteiger partial charge in [-0.15, -0.1) is 0 Å². The lowest BCUT2D eigenvalue weighted by molar-refractivity contribution is -0.111. The van der Waals surface area contributed by atoms with Crippen molar-refractivity contribution < 1.29 is 18.6 Å². The van der Waals surface area contributed by atoms with E-state index in [1.165, 1.54) is 12.1 Å². The standard InChI is InChI=1S/C16H19FN2O3/c1-20-16(21-2)15-18-13(10-3-5-12(17)6-4-10)14(19-15)11-7-8-22-9-11/h3-6,11,16H,7-9H2,1-2H3,(H,18,19). The molecule has 1 saturated heterocycles. The van der Waals surface area contributed by atoms with Crippen molar-refractivity contribution in [1.29, 1.82) is 0 Å². The van der Waals surface area contributed by atoms with Crippen LogP contribution in [0.25, 0.3) is 11.3 Å². The molecular formula is C16H19FN2O3. The van der Waals surface area contributed by atoms with E-state index in [1.807, 2.05) is 0 Å². The average Bonchev–Trinajstić information content (AvgIpc) is 3.18. The second-order valence-electron chi connectivity index (χ2n) is 5.25. The second-order valence-corrected chi connectivity index (χ2v) is 5.25. The third kappa shape index (κ3) is 2.90. The molecule has 0 amide bonds. The minimum Gasteiger partial charge on any atom is -0.381 e. The second kappa shape index (κ2) is 6.56. The van der Waals surface area contributed by atoms with Gasteiger partial charge < -0.3 is 19.2 Å². The number of nitrogens with one attached hydrogen (secondary N) is 1. The largest absolute Gasteiger partial charge is 0.381 e. The van der Waals surface area contributed by atoms with Gasteiger partial charge in [-0.1, -0.05) is 0 Å². The van der Waals surface area contributed by atoms with E-state index >= 15 is 0 Å². The molecular weight excluding hydrogens is 287 g/mol. The number of aromatic amines is 1. The maximum atomic E-state index is 13.2. The van der Waals surface area contributed by atoms with Crippen LogP contribution in [-0.4, -0.2) is 37.4 Å². The van der Waals surface area contributed by atoms with Gasteiger partial charge in [0.2, 0.25) is 6.29 Å². The van der Waals surface area contributed by atoms with Crippen LogP contribution in [0.5, 0.6) is 0 Å². The Morgan fingerprint density at radius 3 is 2.59 bits per heavy atom. The van der Waals surface area contributed by atoms with E-state index in [0.29, 0.717) is 12.4 Å². The topological polar surface area (TPSA) is 56.4 Å². The van der Waals surface area contributed by atoms with Crippen molar-refractivity contribution in [3.8, 4) is 11.3 Å². The Kier molecular flexibility index (Phi) is 4.52. The molecule has 2 aromatic rings. The summed E-state index contributed by atoms with van der Waals surface area (Å²) >= 11 is 0. The van der Waals surface area contributed by atoms with Crippen LogP contribution in [0.1, 0.15) is 30.1 Å². The number of hydrogen-bond donors (Lipinski definition) is 1. The number of methoxy groups -OCH3 is 2. The summed E-state index contributed by atoms with van der Waals surface area (Å²) in [4.78, 5) is 7.91. The van der Waals surface area contributed by atoms with E-state index in [-0.39, 0.29) is 11.7 Å². The maximum absolute atomic E-state index is 13.2. The summed E-state index contributed by atoms with van der Waals surface area (Å²) < 4.78 is 29.2. The highest BCUT2D eigenvalue weighted by atomic mass is 19.1. The van der Waals surface area contributed by atoms with Crippen molar-refractivity contribution in [2.24, 2.45) is 0 Å². The van der Waals surface area contributed by atoms with E-state index in [2.05, 4.69) is 9.97 Å². The zero-order valence-corrected chi connectivity index (χ0v) is 12.6. The van der Waals surface area contributed by atoms with Crippen LogP contribution in [0, 0.1) is 5.82 Å². The lowest BCUT2D eigenvalue weighted by Crippen LogP contribution is -2.06. The molecule has 3 rings (SSSR count). The quantitative estimate of drug-likeness (QED) is 0.863. The Morgan fingerprint density at radius 1 is 1.27 bits per heavy atom. The molecule has 1 aliphatic rings. The molecule has 118 valence electrons. The fraction of sp³-hybridized carbons (Fsp3) is 0.438. The van der Waals surface area contributed by atoms with Gasteiger partial charge in [-0.3, -0.25) is 0 Å². The van der Waals surface area contributed by atoms with E-state index < -0.39 is 6.29 Å². The third-order valence-electron chi connectivity index (χ3n) is 3.85. The third-order valence-corrected chi connectivity index (χ3v) is 3.85. The smallest absolute Gasteiger partial charge is 0.216 e. The summed E-state index contributed by atoms with van der Waals surface area (Å²) in [7, 11) is 3.12. The molecule has 5 nitrogen and oxygen atoms in total. The average molecular weight is 306 g/mol. The number of H-pyrrole nitrogens is 1. The molecule has 0 saturated carbocycles. The monoisotopic (exact) mass is 306 g/mol. The summed E-state index contributed by atoms with van der Waals surface area (Å²) in [6.45, 7) is 1.37. The minimum absolute atomic E-state index is 0.222. The van der Waals surface area contributed by atoms with Crippen LogP contribution < -0.4 is 0 Å². The van der Waals surface area contributed by atoms with Gasteiger partial charge in [0.05, 0.1) is 18.0 Å². The first-order valence-corrected chi connectivity index (χ1v) is 7.22. The van der Waals surface area contributed by atoms with Gasteiger partial charge in [0.15, 0.2) is 5.82 Å². The van der Waals surface area contributed by atoms with Gasteiger partial charge in [-0.05, 0) is 30.7 Å². The predicted octanol–water partition coefficient (Wildman–Crippen LogP) is 3.01. The summed E-state index contributed by atoms with van der Waals surface area (Å²) in [6.07, 6.45) is 0.360. The van der Waals surface area contributed by atoms with Gasteiger partial charge in [0, 0.05) is 32.3 Å². The highest BCUT2D eigenvalue weighted by molar-refractivity contribution is 5.63. The summed E-state index contributed by atoms with van der Waals surface area (Å²) in [6, 6.07) is 6.35. The van der Waals surface area contributed by atoms with Crippen molar-refractivity contribution in [2.75, 3.05) is 27.4 Å². The highest BCUT2D eigenvalue weighted by Crippen LogP contribution is 2.33. The predicted molar refractivity (Wildman–Crippen MR) is 78.9 cm³/mol. The fourth-order valence-corrected chi connectivity index (χ4v) is 2.72. The van der Waals surface area contributed by atoms with Crippen LogP contribution in [0.4, 0.5) is 4.39 Å². The molecule has 0 radical (unpaired) electrons. The maximum Gasteiger partial charge on any atom is 0.216 e. The number of rotatable bonds is 5. The number of benzene rings is 1. The van der Waals surface area contributed by atoms with Crippen LogP contribution in [0.15, 0.2) is 24.3 Å². The van der Waals surface area contributed by atoms with E-state index in [4.69, 9.17) is 14.2 Å². The van der Waals surface area contributed by atoms with Crippen LogP contribution >= 0.6 is 0 Å². The van der Waals surface area contributed by atoms with Gasteiger partial charge in [-0.2, -0.15) is 0 Å². The van der Waals surface area contributed by atoms with Crippen LogP contribution in [-0.2, 0) is 14.2 Å². The molecule has 0 bridgehead atoms. The zero-order chi connectivity index (χ0) is 15.5. The number of nitrogens with zero attached hydrogens (tertiary/aromatic N) is 1. The number of aromatic nitrogens is 2. The molecule has 1 unspecified atom stereocenters. The summed E-state index contributed by atoms with van der Waals surface area (Å²) in [5.74, 6) is 0.562. The van der Waals surface area contributed by atoms with Gasteiger partial charge in [0.1, 0.15) is 5.82 Å². The lowest BCUT2D eigenvalue weighted by atomic mass is 9.99. The molecule has 2 heterocycles. The first kappa shape index (κ1) is 15.1. The van der Waals surface area contributed by atoms with Crippen LogP contribution in [0.3, 0.4) is 0 Å². The summed E-state index contributed by atoms with van der Waals surface area (Å²) in [5, 5.41) is 0. The Bertz CT molecular complexity index is 617. The van der Waals surface area contributed by atoms with E-state index in [0.717, 1.165) is 30.0 Å². The number of hydrogen-bond acceptors (Lipinski definition) is 4. The van der Waals surface area contributed by atoms with Crippen molar-refractivity contribution in [1.82, 2.24) is 9.97 Å². The van der Waals surface area contributed by atoms with Gasteiger partial charge in [0.25, 0.3) is 0 Å². The minimum atomic E-state index is -0.560. The first-order valence-electron chi connectivity index (χ1n) is 7.22. The molecule has 1 atom stereocenters. The molecule has 1 fully saturated rings. The Balaban J connectivity index is 2.03. The van der Waals surface area contributed by atoms with Crippen molar-refractivity contribution in [3.63, 3.8) is 0 Å². The van der Waals surface area contributed by atoms with E-state index in [9.17, 15) is 4.39 Å². The van der Waals surface area contributed by atoms with Gasteiger partial charge in [-0.25, -0.2) is 9.37 Å². The highest BCUT2D eigenvalue weighted by Gasteiger charge is 2.27. The molecule has 1 aromatic heterocycles. The molecule has 22 heavy (non-hydrogen) atoms. The van der Waals surface area contributed by atoms with Crippen LogP contribution in [0.2, 0.25) is 0 Å². The van der Waals surface area contributed by atoms with Crippen molar-refractivity contribution >= 4 is 0 Å². The molecule has 1 aliphatic heterocycles. The first-order chi connectivity index (χ1) is 10.7. The zero-order valence-electron chi connectivity index (χ0n) is 12.6. The Morgan fingerprint density at radius 2 is 2.00 bits per heavy atom. The summed E-state index contributed by atoms with van der Waals surface area (Å²) in [5.41, 5.74) is 2.66. The number of ether oxygens (including phenoxy) is 3. The SMILES string of the molecule is COC(OC)c1nc(C2CCOC2)c(-c2ccc(F)cc2)[nH]1. The molecule has 6 heteroatoms. The molecule has 0 spiro atoms. The van der Waals surface area contributed by atoms with E-state index in [1.54, 1.807) is 26.4 Å². The molecule has 1 aromatic carbocycles. The van der Waals surface area contributed by atoms with Crippen molar-refractivity contribution in [2.45, 2.75) is 18.6 Å². The lowest BCUT2D eigenvalue weighted by Gasteiger charge is -2.09.